The van der Waals surface area contributed by atoms with Crippen molar-refractivity contribution in [1.82, 2.24) is 4.90 Å². The number of nitrogens with zero attached hydrogens (tertiary/aromatic N) is 1. The Morgan fingerprint density at radius 2 is 1.95 bits per heavy atom. The van der Waals surface area contributed by atoms with Crippen molar-refractivity contribution in [1.29, 1.82) is 0 Å². The first kappa shape index (κ1) is 16.4. The van der Waals surface area contributed by atoms with Crippen molar-refractivity contribution in [3.63, 3.8) is 0 Å². The summed E-state index contributed by atoms with van der Waals surface area (Å²) in [6.07, 6.45) is 0. The van der Waals surface area contributed by atoms with E-state index in [-0.39, 0.29) is 11.7 Å². The summed E-state index contributed by atoms with van der Waals surface area (Å²) in [6, 6.07) is 13.3. The molecule has 2 rings (SSSR count). The average molecular weight is 370 g/mol. The van der Waals surface area contributed by atoms with E-state index in [0.29, 0.717) is 12.1 Å². The van der Waals surface area contributed by atoms with Crippen molar-refractivity contribution in [3.8, 4) is 5.75 Å². The third-order valence-corrected chi connectivity index (χ3v) is 3.79. The molecule has 0 atom stereocenters. The monoisotopic (exact) mass is 369 g/mol. The number of halogens is 3. The Hall–Kier alpha value is -1.95. The zero-order chi connectivity index (χ0) is 16.1. The second kappa shape index (κ2) is 7.35. The number of benzene rings is 2. The van der Waals surface area contributed by atoms with E-state index in [1.54, 1.807) is 13.1 Å². The van der Waals surface area contributed by atoms with Gasteiger partial charge in [0.15, 0.2) is 0 Å². The minimum Gasteiger partial charge on any atom is -0.435 e. The average Bonchev–Trinajstić information content (AvgIpc) is 2.48. The summed E-state index contributed by atoms with van der Waals surface area (Å²) in [4.78, 5) is 13.9. The molecule has 0 aliphatic heterocycles. The van der Waals surface area contributed by atoms with E-state index in [1.165, 1.54) is 23.1 Å². The Balaban J connectivity index is 2.12. The van der Waals surface area contributed by atoms with Crippen LogP contribution in [-0.2, 0) is 6.54 Å². The molecule has 0 aliphatic rings. The quantitative estimate of drug-likeness (QED) is 0.785. The van der Waals surface area contributed by atoms with Crippen LogP contribution in [-0.4, -0.2) is 24.5 Å². The number of carbonyl (C=O) groups excluding carboxylic acids is 1. The third-order valence-electron chi connectivity index (χ3n) is 3.02. The highest BCUT2D eigenvalue weighted by molar-refractivity contribution is 9.10. The second-order valence-corrected chi connectivity index (χ2v) is 5.51. The first-order valence-corrected chi connectivity index (χ1v) is 7.30. The van der Waals surface area contributed by atoms with Gasteiger partial charge < -0.3 is 9.64 Å². The van der Waals surface area contributed by atoms with Crippen LogP contribution in [0, 0.1) is 0 Å². The maximum atomic E-state index is 12.4. The van der Waals surface area contributed by atoms with E-state index >= 15 is 0 Å². The van der Waals surface area contributed by atoms with Crippen LogP contribution < -0.4 is 4.74 Å². The number of ether oxygens (including phenoxy) is 1. The van der Waals surface area contributed by atoms with E-state index in [1.807, 2.05) is 24.3 Å². The molecule has 0 N–H and O–H groups in total. The van der Waals surface area contributed by atoms with Gasteiger partial charge in [0.05, 0.1) is 0 Å². The fourth-order valence-electron chi connectivity index (χ4n) is 1.98. The fourth-order valence-corrected chi connectivity index (χ4v) is 2.39. The van der Waals surface area contributed by atoms with Crippen LogP contribution in [0.3, 0.4) is 0 Å². The van der Waals surface area contributed by atoms with Crippen LogP contribution in [0.4, 0.5) is 8.78 Å². The molecule has 22 heavy (non-hydrogen) atoms. The standard InChI is InChI=1S/C16H14BrF2NO2/c1-20(10-12-5-2-3-8-14(12)17)15(21)11-6-4-7-13(9-11)22-16(18)19/h2-9,16H,10H2,1H3. The number of amides is 1. The molecule has 3 nitrogen and oxygen atoms in total. The molecule has 0 unspecified atom stereocenters. The molecule has 0 saturated carbocycles. The Kier molecular flexibility index (Phi) is 5.49. The summed E-state index contributed by atoms with van der Waals surface area (Å²) in [5.74, 6) is -0.300. The SMILES string of the molecule is CN(Cc1ccccc1Br)C(=O)c1cccc(OC(F)F)c1. The molecule has 0 saturated heterocycles. The molecule has 116 valence electrons. The van der Waals surface area contributed by atoms with Gasteiger partial charge in [-0.25, -0.2) is 0 Å². The number of hydrogen-bond acceptors (Lipinski definition) is 2. The van der Waals surface area contributed by atoms with Crippen molar-refractivity contribution >= 4 is 21.8 Å². The Bertz CT molecular complexity index is 664. The van der Waals surface area contributed by atoms with E-state index in [4.69, 9.17) is 0 Å². The van der Waals surface area contributed by atoms with Gasteiger partial charge in [0.2, 0.25) is 0 Å². The predicted molar refractivity (Wildman–Crippen MR) is 83.0 cm³/mol. The van der Waals surface area contributed by atoms with Gasteiger partial charge in [-0.15, -0.1) is 0 Å². The second-order valence-electron chi connectivity index (χ2n) is 4.66. The molecule has 2 aromatic rings. The van der Waals surface area contributed by atoms with Gasteiger partial charge in [0, 0.05) is 23.6 Å². The van der Waals surface area contributed by atoms with E-state index in [0.717, 1.165) is 10.0 Å². The third kappa shape index (κ3) is 4.27. The molecule has 0 aromatic heterocycles. The lowest BCUT2D eigenvalue weighted by molar-refractivity contribution is -0.0499. The van der Waals surface area contributed by atoms with Gasteiger partial charge in [-0.2, -0.15) is 8.78 Å². The molecule has 0 spiro atoms. The van der Waals surface area contributed by atoms with Crippen molar-refractivity contribution in [2.75, 3.05) is 7.05 Å². The summed E-state index contributed by atoms with van der Waals surface area (Å²) < 4.78 is 29.7. The summed E-state index contributed by atoms with van der Waals surface area (Å²) in [7, 11) is 1.66. The molecule has 0 fully saturated rings. The van der Waals surface area contributed by atoms with E-state index in [9.17, 15) is 13.6 Å². The van der Waals surface area contributed by atoms with Gasteiger partial charge in [0.1, 0.15) is 5.75 Å². The zero-order valence-corrected chi connectivity index (χ0v) is 13.4. The number of rotatable bonds is 5. The molecular formula is C16H14BrF2NO2. The molecular weight excluding hydrogens is 356 g/mol. The van der Waals surface area contributed by atoms with Crippen LogP contribution in [0.5, 0.6) is 5.75 Å². The summed E-state index contributed by atoms with van der Waals surface area (Å²) in [5.41, 5.74) is 1.26. The normalized spacial score (nSPS) is 10.6. The lowest BCUT2D eigenvalue weighted by atomic mass is 10.1. The summed E-state index contributed by atoms with van der Waals surface area (Å²) in [5, 5.41) is 0. The van der Waals surface area contributed by atoms with Crippen LogP contribution >= 0.6 is 15.9 Å². The highest BCUT2D eigenvalue weighted by Gasteiger charge is 2.14. The lowest BCUT2D eigenvalue weighted by Gasteiger charge is -2.18. The van der Waals surface area contributed by atoms with Crippen molar-refractivity contribution in [2.24, 2.45) is 0 Å². The van der Waals surface area contributed by atoms with E-state index < -0.39 is 6.61 Å². The molecule has 0 heterocycles. The van der Waals surface area contributed by atoms with Gasteiger partial charge >= 0.3 is 6.61 Å². The van der Waals surface area contributed by atoms with Crippen molar-refractivity contribution in [2.45, 2.75) is 13.2 Å². The summed E-state index contributed by atoms with van der Waals surface area (Å²) in [6.45, 7) is -2.51. The summed E-state index contributed by atoms with van der Waals surface area (Å²) >= 11 is 3.43. The maximum Gasteiger partial charge on any atom is 0.387 e. The molecule has 0 aliphatic carbocycles. The predicted octanol–water partition coefficient (Wildman–Crippen LogP) is 4.32. The highest BCUT2D eigenvalue weighted by Crippen LogP contribution is 2.20. The van der Waals surface area contributed by atoms with Crippen LogP contribution in [0.15, 0.2) is 53.0 Å². The number of hydrogen-bond donors (Lipinski definition) is 0. The smallest absolute Gasteiger partial charge is 0.387 e. The van der Waals surface area contributed by atoms with Gasteiger partial charge in [0.25, 0.3) is 5.91 Å². The van der Waals surface area contributed by atoms with Gasteiger partial charge in [-0.05, 0) is 29.8 Å². The van der Waals surface area contributed by atoms with Crippen molar-refractivity contribution in [3.05, 3.63) is 64.1 Å². The molecule has 6 heteroatoms. The van der Waals surface area contributed by atoms with Crippen LogP contribution in [0.1, 0.15) is 15.9 Å². The maximum absolute atomic E-state index is 12.4. The van der Waals surface area contributed by atoms with Crippen LogP contribution in [0.25, 0.3) is 0 Å². The topological polar surface area (TPSA) is 29.5 Å². The minimum absolute atomic E-state index is 0.0323. The molecule has 2 aromatic carbocycles. The molecule has 1 amide bonds. The number of carbonyl (C=O) groups is 1. The first-order valence-electron chi connectivity index (χ1n) is 6.51. The first-order chi connectivity index (χ1) is 10.5. The Morgan fingerprint density at radius 3 is 2.64 bits per heavy atom. The molecule has 0 radical (unpaired) electrons. The van der Waals surface area contributed by atoms with Gasteiger partial charge in [-0.1, -0.05) is 40.2 Å². The largest absolute Gasteiger partial charge is 0.435 e. The fraction of sp³-hybridized carbons (Fsp3) is 0.188. The zero-order valence-electron chi connectivity index (χ0n) is 11.8. The lowest BCUT2D eigenvalue weighted by Crippen LogP contribution is -2.26. The van der Waals surface area contributed by atoms with E-state index in [2.05, 4.69) is 20.7 Å². The highest BCUT2D eigenvalue weighted by atomic mass is 79.9. The van der Waals surface area contributed by atoms with Gasteiger partial charge in [-0.3, -0.25) is 4.79 Å². The minimum atomic E-state index is -2.91. The number of alkyl halides is 2. The van der Waals surface area contributed by atoms with Crippen LogP contribution in [0.2, 0.25) is 0 Å². The Morgan fingerprint density at radius 1 is 1.23 bits per heavy atom. The molecule has 0 bridgehead atoms. The van der Waals surface area contributed by atoms with Crippen molar-refractivity contribution < 1.29 is 18.3 Å². The Labute approximate surface area is 135 Å².